The third kappa shape index (κ3) is 1.30. The Morgan fingerprint density at radius 3 is 1.79 bits per heavy atom. The normalized spacial score (nSPS) is 45.0. The largest absolute Gasteiger partial charge is 0.300 e. The summed E-state index contributed by atoms with van der Waals surface area (Å²) >= 11 is 0. The van der Waals surface area contributed by atoms with E-state index in [-0.39, 0.29) is 0 Å². The van der Waals surface area contributed by atoms with Gasteiger partial charge < -0.3 is 0 Å². The van der Waals surface area contributed by atoms with E-state index in [1.54, 1.807) is 0 Å². The summed E-state index contributed by atoms with van der Waals surface area (Å²) in [5.41, 5.74) is 0.790. The van der Waals surface area contributed by atoms with Crippen LogP contribution in [0.25, 0.3) is 0 Å². The van der Waals surface area contributed by atoms with Gasteiger partial charge >= 0.3 is 0 Å². The molecular formula is C11H23N3. The quantitative estimate of drug-likeness (QED) is 0.634. The molecule has 2 fully saturated rings. The molecule has 2 atom stereocenters. The predicted octanol–water partition coefficient (Wildman–Crippen LogP) is 0.912. The Labute approximate surface area is 87.2 Å². The third-order valence-corrected chi connectivity index (χ3v) is 4.40. The number of hydrogen-bond acceptors (Lipinski definition) is 3. The van der Waals surface area contributed by atoms with Crippen molar-refractivity contribution in [3.05, 3.63) is 0 Å². The van der Waals surface area contributed by atoms with E-state index in [0.29, 0.717) is 16.9 Å². The van der Waals surface area contributed by atoms with Crippen LogP contribution in [0.2, 0.25) is 0 Å². The van der Waals surface area contributed by atoms with E-state index in [4.69, 9.17) is 5.84 Å². The lowest BCUT2D eigenvalue weighted by atomic mass is 9.71. The van der Waals surface area contributed by atoms with Gasteiger partial charge in [0.2, 0.25) is 0 Å². The molecule has 0 aliphatic carbocycles. The van der Waals surface area contributed by atoms with Crippen LogP contribution in [0.4, 0.5) is 0 Å². The van der Waals surface area contributed by atoms with Crippen molar-refractivity contribution in [3.8, 4) is 0 Å². The Bertz CT molecular complexity index is 221. The van der Waals surface area contributed by atoms with Crippen LogP contribution in [0.3, 0.4) is 0 Å². The lowest BCUT2D eigenvalue weighted by Crippen LogP contribution is -2.38. The molecule has 82 valence electrons. The summed E-state index contributed by atoms with van der Waals surface area (Å²) in [6, 6.07) is 0.667. The smallest absolute Gasteiger partial charge is 0.0201 e. The van der Waals surface area contributed by atoms with Gasteiger partial charge in [-0.3, -0.25) is 10.7 Å². The van der Waals surface area contributed by atoms with E-state index in [0.717, 1.165) is 13.1 Å². The summed E-state index contributed by atoms with van der Waals surface area (Å²) in [6.45, 7) is 13.9. The standard InChI is InChI=1S/C11H23N3/c1-9(2)13-5-10(3)7-14(12)8-11(10,4)6-13/h9H,5-8,12H2,1-4H3/t10-,11+. The Kier molecular flexibility index (Phi) is 2.18. The van der Waals surface area contributed by atoms with Crippen LogP contribution < -0.4 is 5.84 Å². The molecule has 0 amide bonds. The second-order valence-electron chi connectivity index (χ2n) is 6.03. The highest BCUT2D eigenvalue weighted by atomic mass is 15.4. The fraction of sp³-hybridized carbons (Fsp3) is 1.00. The maximum Gasteiger partial charge on any atom is 0.0201 e. The van der Waals surface area contributed by atoms with E-state index >= 15 is 0 Å². The van der Waals surface area contributed by atoms with Gasteiger partial charge in [-0.25, -0.2) is 5.01 Å². The molecule has 2 N–H and O–H groups in total. The Morgan fingerprint density at radius 2 is 1.43 bits per heavy atom. The van der Waals surface area contributed by atoms with Crippen molar-refractivity contribution >= 4 is 0 Å². The first-order valence-corrected chi connectivity index (χ1v) is 5.60. The van der Waals surface area contributed by atoms with Gasteiger partial charge in [0.1, 0.15) is 0 Å². The molecule has 2 aliphatic heterocycles. The molecule has 0 spiro atoms. The second-order valence-corrected chi connectivity index (χ2v) is 6.03. The molecule has 0 aromatic heterocycles. The van der Waals surface area contributed by atoms with Gasteiger partial charge in [-0.05, 0) is 13.8 Å². The third-order valence-electron chi connectivity index (χ3n) is 4.40. The zero-order valence-corrected chi connectivity index (χ0v) is 9.88. The lowest BCUT2D eigenvalue weighted by molar-refractivity contribution is 0.200. The summed E-state index contributed by atoms with van der Waals surface area (Å²) in [7, 11) is 0. The van der Waals surface area contributed by atoms with E-state index in [1.165, 1.54) is 13.1 Å². The highest BCUT2D eigenvalue weighted by molar-refractivity contribution is 5.08. The van der Waals surface area contributed by atoms with Crippen molar-refractivity contribution in [1.82, 2.24) is 9.91 Å². The molecule has 0 bridgehead atoms. The van der Waals surface area contributed by atoms with Crippen molar-refractivity contribution in [2.75, 3.05) is 26.2 Å². The fourth-order valence-corrected chi connectivity index (χ4v) is 3.13. The van der Waals surface area contributed by atoms with Gasteiger partial charge in [0.05, 0.1) is 0 Å². The molecule has 0 aromatic carbocycles. The van der Waals surface area contributed by atoms with Gasteiger partial charge in [-0.2, -0.15) is 0 Å². The summed E-state index contributed by atoms with van der Waals surface area (Å²) in [5.74, 6) is 5.93. The van der Waals surface area contributed by atoms with Crippen molar-refractivity contribution in [2.45, 2.75) is 33.7 Å². The number of nitrogens with zero attached hydrogens (tertiary/aromatic N) is 2. The number of likely N-dealkylation sites (tertiary alicyclic amines) is 1. The zero-order chi connectivity index (χ0) is 10.6. The molecule has 2 saturated heterocycles. The summed E-state index contributed by atoms with van der Waals surface area (Å²) in [6.07, 6.45) is 0. The molecule has 0 aromatic rings. The van der Waals surface area contributed by atoms with Crippen molar-refractivity contribution in [2.24, 2.45) is 16.7 Å². The van der Waals surface area contributed by atoms with Gasteiger partial charge in [0.15, 0.2) is 0 Å². The van der Waals surface area contributed by atoms with E-state index < -0.39 is 0 Å². The average Bonchev–Trinajstić information content (AvgIpc) is 2.33. The summed E-state index contributed by atoms with van der Waals surface area (Å²) < 4.78 is 0. The molecule has 2 rings (SSSR count). The first-order chi connectivity index (χ1) is 6.36. The van der Waals surface area contributed by atoms with Crippen LogP contribution in [0.15, 0.2) is 0 Å². The minimum Gasteiger partial charge on any atom is -0.300 e. The fourth-order valence-electron chi connectivity index (χ4n) is 3.13. The van der Waals surface area contributed by atoms with E-state index in [2.05, 4.69) is 32.6 Å². The van der Waals surface area contributed by atoms with Crippen molar-refractivity contribution in [3.63, 3.8) is 0 Å². The highest BCUT2D eigenvalue weighted by Crippen LogP contribution is 2.50. The molecule has 2 aliphatic rings. The number of nitrogens with two attached hydrogens (primary N) is 1. The molecule has 0 radical (unpaired) electrons. The molecular weight excluding hydrogens is 174 g/mol. The second kappa shape index (κ2) is 2.94. The summed E-state index contributed by atoms with van der Waals surface area (Å²) in [4.78, 5) is 2.59. The Hall–Kier alpha value is -0.120. The van der Waals surface area contributed by atoms with Crippen molar-refractivity contribution < 1.29 is 0 Å². The van der Waals surface area contributed by atoms with Crippen LogP contribution >= 0.6 is 0 Å². The highest BCUT2D eigenvalue weighted by Gasteiger charge is 2.57. The first kappa shape index (κ1) is 10.4. The minimum atomic E-state index is 0.395. The zero-order valence-electron chi connectivity index (χ0n) is 9.88. The number of hydrogen-bond donors (Lipinski definition) is 1. The van der Waals surface area contributed by atoms with Gasteiger partial charge in [0.25, 0.3) is 0 Å². The van der Waals surface area contributed by atoms with Gasteiger partial charge in [0, 0.05) is 43.1 Å². The van der Waals surface area contributed by atoms with Crippen molar-refractivity contribution in [1.29, 1.82) is 0 Å². The monoisotopic (exact) mass is 197 g/mol. The number of hydrazine groups is 1. The SMILES string of the molecule is CC(C)N1C[C@]2(C)CN(N)C[C@]2(C)C1. The molecule has 2 heterocycles. The van der Waals surface area contributed by atoms with Crippen LogP contribution in [0, 0.1) is 10.8 Å². The van der Waals surface area contributed by atoms with E-state index in [9.17, 15) is 0 Å². The molecule has 14 heavy (non-hydrogen) atoms. The molecule has 0 saturated carbocycles. The molecule has 0 unspecified atom stereocenters. The van der Waals surface area contributed by atoms with Crippen LogP contribution in [-0.4, -0.2) is 42.1 Å². The van der Waals surface area contributed by atoms with Gasteiger partial charge in [-0.15, -0.1) is 0 Å². The minimum absolute atomic E-state index is 0.395. The number of rotatable bonds is 1. The maximum atomic E-state index is 5.93. The molecule has 3 nitrogen and oxygen atoms in total. The van der Waals surface area contributed by atoms with Crippen LogP contribution in [0.1, 0.15) is 27.7 Å². The van der Waals surface area contributed by atoms with E-state index in [1.807, 2.05) is 5.01 Å². The lowest BCUT2D eigenvalue weighted by Gasteiger charge is -2.30. The maximum absolute atomic E-state index is 5.93. The number of fused-ring (bicyclic) bond motifs is 1. The van der Waals surface area contributed by atoms with Crippen LogP contribution in [-0.2, 0) is 0 Å². The average molecular weight is 197 g/mol. The van der Waals surface area contributed by atoms with Gasteiger partial charge in [-0.1, -0.05) is 13.8 Å². The molecule has 3 heteroatoms. The topological polar surface area (TPSA) is 32.5 Å². The first-order valence-electron chi connectivity index (χ1n) is 5.60. The Balaban J connectivity index is 2.19. The summed E-state index contributed by atoms with van der Waals surface area (Å²) in [5, 5.41) is 2.00. The predicted molar refractivity (Wildman–Crippen MR) is 58.7 cm³/mol. The Morgan fingerprint density at radius 1 is 1.00 bits per heavy atom. The van der Waals surface area contributed by atoms with Crippen LogP contribution in [0.5, 0.6) is 0 Å².